The van der Waals surface area contributed by atoms with Gasteiger partial charge in [0.05, 0.1) is 12.7 Å². The number of amides is 1. The molecule has 4 heteroatoms. The number of carbonyl (C=O) groups is 1. The number of ether oxygens (including phenoxy) is 1. The second-order valence-electron chi connectivity index (χ2n) is 7.18. The quantitative estimate of drug-likeness (QED) is 0.474. The zero-order valence-corrected chi connectivity index (χ0v) is 16.8. The van der Waals surface area contributed by atoms with Gasteiger partial charge >= 0.3 is 0 Å². The Labute approximate surface area is 176 Å². The summed E-state index contributed by atoms with van der Waals surface area (Å²) in [5.41, 5.74) is 2.54. The van der Waals surface area contributed by atoms with Gasteiger partial charge in [0.2, 0.25) is 0 Å². The Morgan fingerprint density at radius 2 is 1.43 bits per heavy atom. The molecule has 0 aromatic heterocycles. The van der Waals surface area contributed by atoms with Gasteiger partial charge in [0.1, 0.15) is 11.5 Å². The van der Waals surface area contributed by atoms with Gasteiger partial charge in [-0.3, -0.25) is 4.79 Å². The lowest BCUT2D eigenvalue weighted by atomic mass is 10.0. The van der Waals surface area contributed by atoms with Crippen LogP contribution in [0.5, 0.6) is 11.5 Å². The van der Waals surface area contributed by atoms with Crippen molar-refractivity contribution in [3.05, 3.63) is 108 Å². The molecule has 0 heterocycles. The number of phenolic OH excluding ortho intramolecular Hbond substituents is 1. The summed E-state index contributed by atoms with van der Waals surface area (Å²) in [5.74, 6) is 0.765. The predicted octanol–water partition coefficient (Wildman–Crippen LogP) is 5.40. The minimum Gasteiger partial charge on any atom is -0.507 e. The number of rotatable bonds is 6. The number of methoxy groups -OCH3 is 1. The number of benzene rings is 4. The molecule has 4 aromatic carbocycles. The van der Waals surface area contributed by atoms with Crippen LogP contribution in [0.15, 0.2) is 91.0 Å². The Morgan fingerprint density at radius 1 is 0.800 bits per heavy atom. The zero-order valence-electron chi connectivity index (χ0n) is 16.8. The summed E-state index contributed by atoms with van der Waals surface area (Å²) >= 11 is 0. The summed E-state index contributed by atoms with van der Waals surface area (Å²) in [6.07, 6.45) is 0. The molecule has 30 heavy (non-hydrogen) atoms. The molecule has 0 saturated heterocycles. The van der Waals surface area contributed by atoms with Gasteiger partial charge in [-0.2, -0.15) is 0 Å². The van der Waals surface area contributed by atoms with Crippen LogP contribution < -0.4 is 4.74 Å². The van der Waals surface area contributed by atoms with E-state index in [-0.39, 0.29) is 11.7 Å². The third-order valence-corrected chi connectivity index (χ3v) is 5.15. The molecule has 1 N–H and O–H groups in total. The molecule has 0 saturated carbocycles. The Bertz CT molecular complexity index is 1150. The van der Waals surface area contributed by atoms with Gasteiger partial charge in [-0.15, -0.1) is 0 Å². The van der Waals surface area contributed by atoms with Crippen molar-refractivity contribution >= 4 is 16.7 Å². The predicted molar refractivity (Wildman–Crippen MR) is 119 cm³/mol. The van der Waals surface area contributed by atoms with Crippen LogP contribution in [0.1, 0.15) is 21.5 Å². The zero-order chi connectivity index (χ0) is 20.9. The topological polar surface area (TPSA) is 49.8 Å². The van der Waals surface area contributed by atoms with E-state index in [9.17, 15) is 9.90 Å². The summed E-state index contributed by atoms with van der Waals surface area (Å²) in [4.78, 5) is 15.4. The SMILES string of the molecule is COc1ccc(CN(Cc2ccccc2)C(=O)c2cccc3cccc(O)c23)cc1. The number of nitrogens with zero attached hydrogens (tertiary/aromatic N) is 1. The minimum atomic E-state index is -0.123. The highest BCUT2D eigenvalue weighted by atomic mass is 16.5. The van der Waals surface area contributed by atoms with Crippen molar-refractivity contribution in [1.82, 2.24) is 4.90 Å². The molecule has 0 bridgehead atoms. The largest absolute Gasteiger partial charge is 0.507 e. The van der Waals surface area contributed by atoms with E-state index in [1.165, 1.54) is 0 Å². The van der Waals surface area contributed by atoms with Crippen molar-refractivity contribution in [3.63, 3.8) is 0 Å². The summed E-state index contributed by atoms with van der Waals surface area (Å²) in [6.45, 7) is 0.914. The molecular formula is C26H23NO3. The van der Waals surface area contributed by atoms with E-state index in [2.05, 4.69) is 0 Å². The van der Waals surface area contributed by atoms with Gasteiger partial charge in [-0.05, 0) is 40.8 Å². The number of carbonyl (C=O) groups excluding carboxylic acids is 1. The molecule has 4 nitrogen and oxygen atoms in total. The molecule has 150 valence electrons. The lowest BCUT2D eigenvalue weighted by molar-refractivity contribution is 0.0732. The highest BCUT2D eigenvalue weighted by Gasteiger charge is 2.20. The van der Waals surface area contributed by atoms with E-state index in [0.29, 0.717) is 24.0 Å². The van der Waals surface area contributed by atoms with Gasteiger partial charge in [0.15, 0.2) is 0 Å². The molecule has 0 aliphatic heterocycles. The standard InChI is InChI=1S/C26H23NO3/c1-30-22-15-13-20(14-16-22)18-27(17-19-7-3-2-4-8-19)26(29)23-11-5-9-21-10-6-12-24(28)25(21)23/h2-16,28H,17-18H2,1H3. The number of hydrogen-bond acceptors (Lipinski definition) is 3. The average Bonchev–Trinajstić information content (AvgIpc) is 2.79. The van der Waals surface area contributed by atoms with Gasteiger partial charge < -0.3 is 14.7 Å². The summed E-state index contributed by atoms with van der Waals surface area (Å²) in [7, 11) is 1.63. The summed E-state index contributed by atoms with van der Waals surface area (Å²) in [6, 6.07) is 28.4. The highest BCUT2D eigenvalue weighted by Crippen LogP contribution is 2.29. The molecular weight excluding hydrogens is 374 g/mol. The lowest BCUT2D eigenvalue weighted by Crippen LogP contribution is -2.30. The van der Waals surface area contributed by atoms with Crippen LogP contribution in [0.25, 0.3) is 10.8 Å². The van der Waals surface area contributed by atoms with E-state index in [1.54, 1.807) is 30.2 Å². The first-order chi connectivity index (χ1) is 14.7. The lowest BCUT2D eigenvalue weighted by Gasteiger charge is -2.24. The molecule has 0 atom stereocenters. The van der Waals surface area contributed by atoms with Gasteiger partial charge in [-0.25, -0.2) is 0 Å². The monoisotopic (exact) mass is 397 g/mol. The van der Waals surface area contributed by atoms with E-state index in [4.69, 9.17) is 4.74 Å². The summed E-state index contributed by atoms with van der Waals surface area (Å²) in [5, 5.41) is 11.9. The fraction of sp³-hybridized carbons (Fsp3) is 0.115. The molecule has 4 aromatic rings. The fourth-order valence-corrected chi connectivity index (χ4v) is 3.62. The highest BCUT2D eigenvalue weighted by molar-refractivity contribution is 6.09. The molecule has 0 aliphatic carbocycles. The normalized spacial score (nSPS) is 10.7. The van der Waals surface area contributed by atoms with Crippen LogP contribution in [-0.2, 0) is 13.1 Å². The number of hydrogen-bond donors (Lipinski definition) is 1. The van der Waals surface area contributed by atoms with Gasteiger partial charge in [0, 0.05) is 18.5 Å². The van der Waals surface area contributed by atoms with Crippen molar-refractivity contribution in [2.75, 3.05) is 7.11 Å². The van der Waals surface area contributed by atoms with Gasteiger partial charge in [0.25, 0.3) is 5.91 Å². The van der Waals surface area contributed by atoms with Crippen LogP contribution >= 0.6 is 0 Å². The fourth-order valence-electron chi connectivity index (χ4n) is 3.62. The molecule has 0 aliphatic rings. The van der Waals surface area contributed by atoms with Crippen molar-refractivity contribution in [1.29, 1.82) is 0 Å². The van der Waals surface area contributed by atoms with Crippen molar-refractivity contribution < 1.29 is 14.6 Å². The van der Waals surface area contributed by atoms with Crippen LogP contribution in [0.3, 0.4) is 0 Å². The Morgan fingerprint density at radius 3 is 2.10 bits per heavy atom. The van der Waals surface area contributed by atoms with E-state index in [0.717, 1.165) is 22.3 Å². The van der Waals surface area contributed by atoms with Crippen molar-refractivity contribution in [3.8, 4) is 11.5 Å². The van der Waals surface area contributed by atoms with E-state index in [1.807, 2.05) is 72.8 Å². The molecule has 0 unspecified atom stereocenters. The number of fused-ring (bicyclic) bond motifs is 1. The van der Waals surface area contributed by atoms with Crippen LogP contribution in [-0.4, -0.2) is 23.0 Å². The second kappa shape index (κ2) is 8.70. The third kappa shape index (κ3) is 4.13. The van der Waals surface area contributed by atoms with E-state index < -0.39 is 0 Å². The second-order valence-corrected chi connectivity index (χ2v) is 7.18. The van der Waals surface area contributed by atoms with E-state index >= 15 is 0 Å². The minimum absolute atomic E-state index is 0.112. The maximum atomic E-state index is 13.6. The first-order valence-electron chi connectivity index (χ1n) is 9.82. The maximum absolute atomic E-state index is 13.6. The first kappa shape index (κ1) is 19.5. The Balaban J connectivity index is 1.72. The third-order valence-electron chi connectivity index (χ3n) is 5.15. The smallest absolute Gasteiger partial charge is 0.255 e. The van der Waals surface area contributed by atoms with Gasteiger partial charge in [-0.1, -0.05) is 66.7 Å². The maximum Gasteiger partial charge on any atom is 0.255 e. The van der Waals surface area contributed by atoms with Crippen molar-refractivity contribution in [2.24, 2.45) is 0 Å². The molecule has 1 amide bonds. The molecule has 0 radical (unpaired) electrons. The Hall–Kier alpha value is -3.79. The van der Waals surface area contributed by atoms with Crippen LogP contribution in [0, 0.1) is 0 Å². The molecule has 0 fully saturated rings. The number of aromatic hydroxyl groups is 1. The van der Waals surface area contributed by atoms with Crippen LogP contribution in [0.2, 0.25) is 0 Å². The first-order valence-corrected chi connectivity index (χ1v) is 9.82. The molecule has 4 rings (SSSR count). The van der Waals surface area contributed by atoms with Crippen molar-refractivity contribution in [2.45, 2.75) is 13.1 Å². The number of phenols is 1. The Kier molecular flexibility index (Phi) is 5.66. The summed E-state index contributed by atoms with van der Waals surface area (Å²) < 4.78 is 5.24. The average molecular weight is 397 g/mol. The molecule has 0 spiro atoms. The van der Waals surface area contributed by atoms with Crippen LogP contribution in [0.4, 0.5) is 0 Å².